The Bertz CT molecular complexity index is 951. The van der Waals surface area contributed by atoms with Crippen LogP contribution in [-0.2, 0) is 22.4 Å². The van der Waals surface area contributed by atoms with Gasteiger partial charge in [0.05, 0.1) is 24.3 Å². The van der Waals surface area contributed by atoms with Gasteiger partial charge in [0.2, 0.25) is 5.91 Å². The molecule has 0 spiro atoms. The number of amides is 2. The highest BCUT2D eigenvalue weighted by atomic mass is 16.5. The molecule has 0 fully saturated rings. The van der Waals surface area contributed by atoms with Crippen LogP contribution in [0.5, 0.6) is 0 Å². The number of carboxylic acid groups (broad SMARTS) is 1. The molecule has 0 heterocycles. The molecule has 0 bridgehead atoms. The summed E-state index contributed by atoms with van der Waals surface area (Å²) in [6, 6.07) is 17.5. The van der Waals surface area contributed by atoms with Crippen LogP contribution in [-0.4, -0.2) is 77.9 Å². The predicted octanol–water partition coefficient (Wildman–Crippen LogP) is 1.97. The van der Waals surface area contributed by atoms with Crippen LogP contribution in [0.4, 0.5) is 4.79 Å². The minimum absolute atomic E-state index is 0.0452. The van der Waals surface area contributed by atoms with Gasteiger partial charge in [0.25, 0.3) is 0 Å². The molecule has 6 N–H and O–H groups in total. The second kappa shape index (κ2) is 14.7. The average Bonchev–Trinajstić information content (AvgIpc) is 2.83. The summed E-state index contributed by atoms with van der Waals surface area (Å²) >= 11 is 0. The van der Waals surface area contributed by atoms with Crippen molar-refractivity contribution in [3.05, 3.63) is 71.8 Å². The zero-order chi connectivity index (χ0) is 27.4. The molecule has 0 radical (unpaired) electrons. The second-order valence-electron chi connectivity index (χ2n) is 10.3. The van der Waals surface area contributed by atoms with E-state index in [9.17, 15) is 24.9 Å². The topological polar surface area (TPSA) is 140 Å². The Kier molecular flexibility index (Phi) is 12.0. The normalized spacial score (nSPS) is 15.7. The highest BCUT2D eigenvalue weighted by Crippen LogP contribution is 2.22. The summed E-state index contributed by atoms with van der Waals surface area (Å²) in [4.78, 5) is 24.3. The average molecular weight is 516 g/mol. The van der Waals surface area contributed by atoms with Gasteiger partial charge in [-0.15, -0.1) is 0 Å². The summed E-state index contributed by atoms with van der Waals surface area (Å²) in [5, 5.41) is 39.2. The lowest BCUT2D eigenvalue weighted by molar-refractivity contribution is -0.138. The molecule has 2 aromatic carbocycles. The quantitative estimate of drug-likeness (QED) is 0.226. The molecular weight excluding hydrogens is 474 g/mol. The predicted molar refractivity (Wildman–Crippen MR) is 142 cm³/mol. The van der Waals surface area contributed by atoms with Crippen molar-refractivity contribution in [2.45, 2.75) is 64.0 Å². The lowest BCUT2D eigenvalue weighted by Crippen LogP contribution is -2.55. The van der Waals surface area contributed by atoms with E-state index >= 15 is 0 Å². The van der Waals surface area contributed by atoms with Gasteiger partial charge in [-0.3, -0.25) is 4.79 Å². The fraction of sp³-hybridized carbons (Fsp3) is 0.500. The van der Waals surface area contributed by atoms with Crippen LogP contribution < -0.4 is 16.0 Å². The number of nitrogens with one attached hydrogen (secondary N) is 3. The Morgan fingerprint density at radius 2 is 1.24 bits per heavy atom. The maximum atomic E-state index is 13.0. The van der Waals surface area contributed by atoms with E-state index < -0.39 is 41.9 Å². The molecule has 2 amide bonds. The summed E-state index contributed by atoms with van der Waals surface area (Å²) in [6.45, 7) is 5.84. The number of carbonyl (C=O) groups excluding carboxylic acids is 1. The third-order valence-corrected chi connectivity index (χ3v) is 6.13. The maximum Gasteiger partial charge on any atom is 0.404 e. The summed E-state index contributed by atoms with van der Waals surface area (Å²) in [6.07, 6.45) is -3.23. The van der Waals surface area contributed by atoms with E-state index in [-0.39, 0.29) is 19.0 Å². The van der Waals surface area contributed by atoms with Crippen molar-refractivity contribution < 1.29 is 29.6 Å². The summed E-state index contributed by atoms with van der Waals surface area (Å²) < 4.78 is 5.43. The zero-order valence-corrected chi connectivity index (χ0v) is 22.1. The number of rotatable bonds is 14. The number of aliphatic hydroxyl groups excluding tert-OH is 2. The first-order chi connectivity index (χ1) is 17.5. The molecule has 9 heteroatoms. The number of hydrogen-bond donors (Lipinski definition) is 6. The Morgan fingerprint density at radius 3 is 1.62 bits per heavy atom. The lowest BCUT2D eigenvalue weighted by atomic mass is 9.88. The van der Waals surface area contributed by atoms with Crippen LogP contribution in [0.2, 0.25) is 0 Å². The Labute approximate surface area is 219 Å². The summed E-state index contributed by atoms with van der Waals surface area (Å²) in [5.74, 6) is -0.316. The number of hydrogen-bond acceptors (Lipinski definition) is 6. The van der Waals surface area contributed by atoms with Crippen molar-refractivity contribution in [2.24, 2.45) is 5.41 Å². The Morgan fingerprint density at radius 1 is 0.811 bits per heavy atom. The van der Waals surface area contributed by atoms with Crippen LogP contribution in [0.25, 0.3) is 0 Å². The lowest BCUT2D eigenvalue weighted by Gasteiger charge is -2.32. The van der Waals surface area contributed by atoms with E-state index in [1.165, 1.54) is 7.11 Å². The van der Waals surface area contributed by atoms with Crippen molar-refractivity contribution >= 4 is 12.0 Å². The fourth-order valence-corrected chi connectivity index (χ4v) is 4.24. The first-order valence-electron chi connectivity index (χ1n) is 12.5. The van der Waals surface area contributed by atoms with Gasteiger partial charge in [-0.1, -0.05) is 81.4 Å². The number of carbonyl (C=O) groups is 2. The first-order valence-corrected chi connectivity index (χ1v) is 12.5. The highest BCUT2D eigenvalue weighted by molar-refractivity contribution is 5.82. The van der Waals surface area contributed by atoms with Gasteiger partial charge in [0.15, 0.2) is 0 Å². The van der Waals surface area contributed by atoms with E-state index in [2.05, 4.69) is 16.0 Å². The van der Waals surface area contributed by atoms with E-state index in [1.807, 2.05) is 81.4 Å². The Hall–Kier alpha value is -2.98. The van der Waals surface area contributed by atoms with Gasteiger partial charge in [0.1, 0.15) is 6.10 Å². The van der Waals surface area contributed by atoms with E-state index in [4.69, 9.17) is 4.74 Å². The number of aliphatic hydroxyl groups is 2. The van der Waals surface area contributed by atoms with Gasteiger partial charge in [-0.2, -0.15) is 0 Å². The number of ether oxygens (including phenoxy) is 1. The maximum absolute atomic E-state index is 13.0. The van der Waals surface area contributed by atoms with Gasteiger partial charge >= 0.3 is 6.09 Å². The van der Waals surface area contributed by atoms with Crippen LogP contribution in [0.1, 0.15) is 31.9 Å². The van der Waals surface area contributed by atoms with Gasteiger partial charge in [-0.05, 0) is 29.4 Å². The van der Waals surface area contributed by atoms with Gasteiger partial charge in [0, 0.05) is 20.2 Å². The molecule has 0 saturated heterocycles. The van der Waals surface area contributed by atoms with Crippen LogP contribution in [0.15, 0.2) is 60.7 Å². The molecule has 0 aliphatic carbocycles. The van der Waals surface area contributed by atoms with Crippen molar-refractivity contribution in [1.29, 1.82) is 0 Å². The third-order valence-electron chi connectivity index (χ3n) is 6.13. The Balaban J connectivity index is 2.03. The van der Waals surface area contributed by atoms with E-state index in [0.717, 1.165) is 11.1 Å². The molecule has 2 aromatic rings. The van der Waals surface area contributed by atoms with Crippen molar-refractivity contribution in [3.63, 3.8) is 0 Å². The smallest absolute Gasteiger partial charge is 0.404 e. The van der Waals surface area contributed by atoms with Gasteiger partial charge in [-0.25, -0.2) is 4.79 Å². The summed E-state index contributed by atoms with van der Waals surface area (Å²) in [5.41, 5.74) is 1.40. The highest BCUT2D eigenvalue weighted by Gasteiger charge is 2.34. The molecule has 0 aliphatic heterocycles. The standard InChI is InChI=1S/C28H41N3O6/c1-28(2,3)25(37-4)26(34)30-21(15-19-11-7-5-8-12-19)23(32)17-29-18-24(33)22(31-27(35)36)16-20-13-9-6-10-14-20/h5-14,21-25,29,31-33H,15-18H2,1-4H3,(H,30,34)(H,35,36)/t21-,22-,23?,24+,25?/m0/s1. The minimum atomic E-state index is -1.22. The first kappa shape index (κ1) is 30.2. The molecular formula is C28H41N3O6. The van der Waals surface area contributed by atoms with Crippen molar-refractivity contribution in [1.82, 2.24) is 16.0 Å². The molecule has 37 heavy (non-hydrogen) atoms. The largest absolute Gasteiger partial charge is 0.465 e. The molecule has 2 unspecified atom stereocenters. The zero-order valence-electron chi connectivity index (χ0n) is 22.1. The molecule has 0 saturated carbocycles. The van der Waals surface area contributed by atoms with Crippen molar-refractivity contribution in [2.75, 3.05) is 20.2 Å². The number of methoxy groups -OCH3 is 1. The van der Waals surface area contributed by atoms with Crippen LogP contribution in [0.3, 0.4) is 0 Å². The summed E-state index contributed by atoms with van der Waals surface area (Å²) in [7, 11) is 1.48. The molecule has 204 valence electrons. The second-order valence-corrected chi connectivity index (χ2v) is 10.3. The van der Waals surface area contributed by atoms with E-state index in [1.54, 1.807) is 0 Å². The van der Waals surface area contributed by atoms with Crippen LogP contribution in [0, 0.1) is 5.41 Å². The van der Waals surface area contributed by atoms with E-state index in [0.29, 0.717) is 12.8 Å². The molecule has 0 aliphatic rings. The molecule has 0 aromatic heterocycles. The number of benzene rings is 2. The molecule has 9 nitrogen and oxygen atoms in total. The monoisotopic (exact) mass is 515 g/mol. The molecule has 2 rings (SSSR count). The van der Waals surface area contributed by atoms with Gasteiger partial charge < -0.3 is 36.0 Å². The SMILES string of the molecule is COC(C(=O)N[C@@H](Cc1ccccc1)C(O)CNC[C@@H](O)[C@H](Cc1ccccc1)NC(=O)O)C(C)(C)C. The third kappa shape index (κ3) is 10.5. The van der Waals surface area contributed by atoms with Crippen LogP contribution >= 0.6 is 0 Å². The minimum Gasteiger partial charge on any atom is -0.465 e. The fourth-order valence-electron chi connectivity index (χ4n) is 4.24. The van der Waals surface area contributed by atoms with Crippen molar-refractivity contribution in [3.8, 4) is 0 Å². The molecule has 5 atom stereocenters.